The first kappa shape index (κ1) is 23.5. The number of piperazine rings is 1. The fraction of sp³-hybridized carbons (Fsp3) is 0.409. The number of sulfonamides is 1. The van der Waals surface area contributed by atoms with Gasteiger partial charge < -0.3 is 24.0 Å². The summed E-state index contributed by atoms with van der Waals surface area (Å²) in [7, 11) is 0.910. The van der Waals surface area contributed by atoms with E-state index in [-0.39, 0.29) is 12.5 Å². The summed E-state index contributed by atoms with van der Waals surface area (Å²) in [5, 5.41) is 0. The maximum Gasteiger partial charge on any atom is 0.243 e. The van der Waals surface area contributed by atoms with Crippen LogP contribution in [0.1, 0.15) is 0 Å². The van der Waals surface area contributed by atoms with Crippen LogP contribution < -0.4 is 23.4 Å². The Morgan fingerprint density at radius 3 is 2.06 bits per heavy atom. The molecule has 0 aromatic heterocycles. The highest BCUT2D eigenvalue weighted by Gasteiger charge is 2.27. The second kappa shape index (κ2) is 9.99. The van der Waals surface area contributed by atoms with Crippen molar-refractivity contribution in [1.29, 1.82) is 0 Å². The highest BCUT2D eigenvalue weighted by Crippen LogP contribution is 2.32. The number of nitrogens with zero attached hydrogens (tertiary/aromatic N) is 3. The number of benzene rings is 2. The van der Waals surface area contributed by atoms with E-state index in [9.17, 15) is 13.2 Å². The Hall–Kier alpha value is -3.14. The lowest BCUT2D eigenvalue weighted by Gasteiger charge is -2.37. The number of methoxy groups -OCH3 is 3. The van der Waals surface area contributed by atoms with Crippen LogP contribution in [-0.4, -0.2) is 79.5 Å². The molecule has 32 heavy (non-hydrogen) atoms. The quantitative estimate of drug-likeness (QED) is 0.590. The van der Waals surface area contributed by atoms with Crippen LogP contribution in [0.25, 0.3) is 0 Å². The Bertz CT molecular complexity index is 1030. The summed E-state index contributed by atoms with van der Waals surface area (Å²) < 4.78 is 41.7. The van der Waals surface area contributed by atoms with Crippen molar-refractivity contribution in [1.82, 2.24) is 4.90 Å². The molecule has 1 aliphatic rings. The van der Waals surface area contributed by atoms with Crippen LogP contribution in [0.15, 0.2) is 42.5 Å². The largest absolute Gasteiger partial charge is 0.497 e. The summed E-state index contributed by atoms with van der Waals surface area (Å²) in [6, 6.07) is 12.5. The minimum Gasteiger partial charge on any atom is -0.497 e. The Morgan fingerprint density at radius 2 is 1.53 bits per heavy atom. The molecule has 1 heterocycles. The van der Waals surface area contributed by atoms with Crippen LogP contribution in [0.3, 0.4) is 0 Å². The van der Waals surface area contributed by atoms with Crippen LogP contribution in [0, 0.1) is 0 Å². The fourth-order valence-corrected chi connectivity index (χ4v) is 4.45. The van der Waals surface area contributed by atoms with Gasteiger partial charge in [0.2, 0.25) is 15.9 Å². The van der Waals surface area contributed by atoms with Gasteiger partial charge in [0, 0.05) is 37.9 Å². The van der Waals surface area contributed by atoms with Crippen molar-refractivity contribution in [3.05, 3.63) is 42.5 Å². The average Bonchev–Trinajstić information content (AvgIpc) is 2.81. The molecule has 3 rings (SSSR count). The lowest BCUT2D eigenvalue weighted by atomic mass is 10.2. The van der Waals surface area contributed by atoms with Crippen molar-refractivity contribution >= 4 is 27.3 Å². The van der Waals surface area contributed by atoms with Crippen molar-refractivity contribution in [2.24, 2.45) is 0 Å². The van der Waals surface area contributed by atoms with Crippen molar-refractivity contribution in [2.45, 2.75) is 0 Å². The molecular weight excluding hydrogens is 434 g/mol. The van der Waals surface area contributed by atoms with Crippen molar-refractivity contribution in [3.63, 3.8) is 0 Å². The molecule has 0 N–H and O–H groups in total. The number of carbonyl (C=O) groups is 1. The Morgan fingerprint density at radius 1 is 0.906 bits per heavy atom. The molecule has 0 bridgehead atoms. The van der Waals surface area contributed by atoms with E-state index in [0.717, 1.165) is 22.0 Å². The lowest BCUT2D eigenvalue weighted by Crippen LogP contribution is -2.52. The maximum absolute atomic E-state index is 13.0. The standard InChI is InChI=1S/C22H29N3O6S/c1-29-19-8-5-17(6-9-19)23-11-13-24(14-12-23)22(26)16-25(32(4,27)28)18-7-10-20(30-2)21(15-18)31-3/h5-10,15H,11-14,16H2,1-4H3. The van der Waals surface area contributed by atoms with Gasteiger partial charge in [0.05, 0.1) is 33.3 Å². The molecule has 0 aliphatic carbocycles. The van der Waals surface area contributed by atoms with Gasteiger partial charge in [-0.1, -0.05) is 0 Å². The monoisotopic (exact) mass is 463 g/mol. The predicted molar refractivity (Wildman–Crippen MR) is 124 cm³/mol. The van der Waals surface area contributed by atoms with Gasteiger partial charge in [-0.3, -0.25) is 9.10 Å². The normalized spacial score (nSPS) is 14.1. The third-order valence-electron chi connectivity index (χ3n) is 5.40. The SMILES string of the molecule is COc1ccc(N2CCN(C(=O)CN(c3ccc(OC)c(OC)c3)S(C)(=O)=O)CC2)cc1. The van der Waals surface area contributed by atoms with Gasteiger partial charge in [0.15, 0.2) is 11.5 Å². The molecule has 2 aromatic rings. The molecule has 1 aliphatic heterocycles. The van der Waals surface area contributed by atoms with Gasteiger partial charge >= 0.3 is 0 Å². The number of ether oxygens (including phenoxy) is 3. The minimum absolute atomic E-state index is 0.250. The number of amides is 1. The van der Waals surface area contributed by atoms with E-state index < -0.39 is 10.0 Å². The Labute approximate surface area is 189 Å². The number of anilines is 2. The van der Waals surface area contributed by atoms with Gasteiger partial charge in [-0.2, -0.15) is 0 Å². The van der Waals surface area contributed by atoms with E-state index in [2.05, 4.69) is 4.90 Å². The first-order valence-corrected chi connectivity index (χ1v) is 12.0. The molecule has 0 unspecified atom stereocenters. The number of carbonyl (C=O) groups excluding carboxylic acids is 1. The summed E-state index contributed by atoms with van der Waals surface area (Å²) in [4.78, 5) is 16.8. The smallest absolute Gasteiger partial charge is 0.243 e. The topological polar surface area (TPSA) is 88.6 Å². The molecule has 1 saturated heterocycles. The molecule has 174 valence electrons. The van der Waals surface area contributed by atoms with Gasteiger partial charge in [-0.05, 0) is 36.4 Å². The van der Waals surface area contributed by atoms with E-state index in [1.165, 1.54) is 14.2 Å². The molecule has 0 radical (unpaired) electrons. The highest BCUT2D eigenvalue weighted by atomic mass is 32.2. The van der Waals surface area contributed by atoms with Gasteiger partial charge in [-0.15, -0.1) is 0 Å². The zero-order valence-corrected chi connectivity index (χ0v) is 19.6. The van der Waals surface area contributed by atoms with E-state index in [4.69, 9.17) is 14.2 Å². The number of rotatable bonds is 8. The first-order valence-electron chi connectivity index (χ1n) is 10.1. The summed E-state index contributed by atoms with van der Waals surface area (Å²) >= 11 is 0. The third kappa shape index (κ3) is 5.37. The number of hydrogen-bond donors (Lipinski definition) is 0. The molecule has 2 aromatic carbocycles. The van der Waals surface area contributed by atoms with Crippen molar-refractivity contribution in [2.75, 3.05) is 69.5 Å². The van der Waals surface area contributed by atoms with Gasteiger partial charge in [0.1, 0.15) is 12.3 Å². The third-order valence-corrected chi connectivity index (χ3v) is 6.54. The molecule has 10 heteroatoms. The Kier molecular flexibility index (Phi) is 7.34. The van der Waals surface area contributed by atoms with Crippen LogP contribution in [0.5, 0.6) is 17.2 Å². The average molecular weight is 464 g/mol. The number of hydrogen-bond acceptors (Lipinski definition) is 7. The van der Waals surface area contributed by atoms with E-state index in [1.807, 2.05) is 24.3 Å². The highest BCUT2D eigenvalue weighted by molar-refractivity contribution is 7.92. The summed E-state index contributed by atoms with van der Waals surface area (Å²) in [6.45, 7) is 2.06. The van der Waals surface area contributed by atoms with Crippen molar-refractivity contribution < 1.29 is 27.4 Å². The summed E-state index contributed by atoms with van der Waals surface area (Å²) in [5.74, 6) is 1.41. The predicted octanol–water partition coefficient (Wildman–Crippen LogP) is 1.83. The summed E-state index contributed by atoms with van der Waals surface area (Å²) in [6.07, 6.45) is 1.08. The van der Waals surface area contributed by atoms with Crippen LogP contribution in [-0.2, 0) is 14.8 Å². The van der Waals surface area contributed by atoms with E-state index >= 15 is 0 Å². The zero-order chi connectivity index (χ0) is 23.3. The second-order valence-electron chi connectivity index (χ2n) is 7.37. The van der Waals surface area contributed by atoms with Crippen molar-refractivity contribution in [3.8, 4) is 17.2 Å². The lowest BCUT2D eigenvalue weighted by molar-refractivity contribution is -0.129. The van der Waals surface area contributed by atoms with Gasteiger partial charge in [-0.25, -0.2) is 8.42 Å². The van der Waals surface area contributed by atoms with E-state index in [1.54, 1.807) is 30.2 Å². The molecule has 1 fully saturated rings. The minimum atomic E-state index is -3.69. The summed E-state index contributed by atoms with van der Waals surface area (Å²) in [5.41, 5.74) is 1.40. The molecule has 0 saturated carbocycles. The molecule has 1 amide bonds. The van der Waals surface area contributed by atoms with Crippen LogP contribution >= 0.6 is 0 Å². The van der Waals surface area contributed by atoms with Crippen LogP contribution in [0.4, 0.5) is 11.4 Å². The second-order valence-corrected chi connectivity index (χ2v) is 9.28. The fourth-order valence-electron chi connectivity index (χ4n) is 3.61. The maximum atomic E-state index is 13.0. The Balaban J connectivity index is 1.68. The van der Waals surface area contributed by atoms with Crippen LogP contribution in [0.2, 0.25) is 0 Å². The first-order chi connectivity index (χ1) is 15.3. The zero-order valence-electron chi connectivity index (χ0n) is 18.8. The molecular formula is C22H29N3O6S. The van der Waals surface area contributed by atoms with E-state index in [0.29, 0.717) is 43.4 Å². The van der Waals surface area contributed by atoms with Gasteiger partial charge in [0.25, 0.3) is 0 Å². The molecule has 0 atom stereocenters. The molecule has 9 nitrogen and oxygen atoms in total. The molecule has 0 spiro atoms.